The average Bonchev–Trinajstić information content (AvgIpc) is 3.66. The van der Waals surface area contributed by atoms with E-state index in [0.717, 1.165) is 56.8 Å². The van der Waals surface area contributed by atoms with E-state index in [2.05, 4.69) is 31.1 Å². The molecule has 1 fully saturated rings. The van der Waals surface area contributed by atoms with Crippen LogP contribution in [0.15, 0.2) is 64.1 Å². The summed E-state index contributed by atoms with van der Waals surface area (Å²) in [7, 11) is -4.04. The van der Waals surface area contributed by atoms with Crippen molar-refractivity contribution >= 4 is 32.6 Å². The molecule has 41 heavy (non-hydrogen) atoms. The Labute approximate surface area is 242 Å². The lowest BCUT2D eigenvalue weighted by molar-refractivity contribution is -0.137. The Hall–Kier alpha value is -3.12. The number of halogens is 3. The monoisotopic (exact) mass is 610 g/mol. The minimum Gasteiger partial charge on any atom is -0.360 e. The van der Waals surface area contributed by atoms with Crippen LogP contribution < -0.4 is 0 Å². The molecular formula is C29H33F3N2O5S2. The third-order valence-electron chi connectivity index (χ3n) is 6.19. The topological polar surface area (TPSA) is 97.6 Å². The number of carbonyl (C=O) groups is 2. The van der Waals surface area contributed by atoms with Crippen LogP contribution >= 0.6 is 11.8 Å². The van der Waals surface area contributed by atoms with Crippen molar-refractivity contribution in [2.75, 3.05) is 19.3 Å². The van der Waals surface area contributed by atoms with Gasteiger partial charge in [-0.15, -0.1) is 0 Å². The quantitative estimate of drug-likeness (QED) is 0.221. The summed E-state index contributed by atoms with van der Waals surface area (Å²) in [5, 5.41) is 3.76. The van der Waals surface area contributed by atoms with Crippen LogP contribution in [0.3, 0.4) is 0 Å². The Morgan fingerprint density at radius 3 is 2.20 bits per heavy atom. The molecule has 1 heterocycles. The van der Waals surface area contributed by atoms with Gasteiger partial charge in [-0.3, -0.25) is 9.59 Å². The highest BCUT2D eigenvalue weighted by molar-refractivity contribution is 8.12. The largest absolute Gasteiger partial charge is 0.416 e. The van der Waals surface area contributed by atoms with Crippen molar-refractivity contribution in [2.45, 2.75) is 62.3 Å². The maximum absolute atomic E-state index is 12.8. The zero-order valence-corrected chi connectivity index (χ0v) is 24.7. The SMILES string of the molecule is CCCN(CCC)C(=O)SCc1ccccc1.CS(=O)(=O)c1cc(C(F)(F)F)ccc1C(=O)c1cnoc1C1CC1. The molecule has 12 heteroatoms. The third-order valence-corrected chi connectivity index (χ3v) is 8.31. The maximum Gasteiger partial charge on any atom is 0.416 e. The summed E-state index contributed by atoms with van der Waals surface area (Å²) < 4.78 is 67.3. The molecule has 0 saturated heterocycles. The molecule has 0 bridgehead atoms. The van der Waals surface area contributed by atoms with E-state index in [1.165, 1.54) is 23.5 Å². The number of alkyl halides is 3. The van der Waals surface area contributed by atoms with Crippen molar-refractivity contribution < 1.29 is 35.7 Å². The van der Waals surface area contributed by atoms with Crippen molar-refractivity contribution in [1.29, 1.82) is 0 Å². The van der Waals surface area contributed by atoms with Gasteiger partial charge < -0.3 is 9.42 Å². The van der Waals surface area contributed by atoms with Gasteiger partial charge in [-0.25, -0.2) is 8.42 Å². The van der Waals surface area contributed by atoms with E-state index < -0.39 is 32.3 Å². The number of hydrogen-bond donors (Lipinski definition) is 0. The molecular weight excluding hydrogens is 577 g/mol. The first kappa shape index (κ1) is 32.4. The highest BCUT2D eigenvalue weighted by Crippen LogP contribution is 2.42. The molecule has 0 radical (unpaired) electrons. The first-order valence-electron chi connectivity index (χ1n) is 13.2. The average molecular weight is 611 g/mol. The van der Waals surface area contributed by atoms with Gasteiger partial charge in [-0.1, -0.05) is 61.1 Å². The second kappa shape index (κ2) is 14.2. The predicted octanol–water partition coefficient (Wildman–Crippen LogP) is 7.37. The Kier molecular flexibility index (Phi) is 11.2. The van der Waals surface area contributed by atoms with Gasteiger partial charge in [0.05, 0.1) is 22.2 Å². The first-order valence-corrected chi connectivity index (χ1v) is 16.1. The Morgan fingerprint density at radius 1 is 1.02 bits per heavy atom. The zero-order valence-electron chi connectivity index (χ0n) is 23.1. The van der Waals surface area contributed by atoms with Gasteiger partial charge in [0.15, 0.2) is 21.4 Å². The number of amides is 1. The van der Waals surface area contributed by atoms with Crippen LogP contribution in [0.2, 0.25) is 0 Å². The van der Waals surface area contributed by atoms with Crippen LogP contribution in [0, 0.1) is 0 Å². The molecule has 0 spiro atoms. The van der Waals surface area contributed by atoms with Crippen LogP contribution in [0.5, 0.6) is 0 Å². The second-order valence-electron chi connectivity index (χ2n) is 9.72. The molecule has 4 rings (SSSR count). The number of ketones is 1. The predicted molar refractivity (Wildman–Crippen MR) is 152 cm³/mol. The first-order chi connectivity index (χ1) is 19.4. The van der Waals surface area contributed by atoms with Crippen LogP contribution in [-0.4, -0.2) is 48.8 Å². The molecule has 222 valence electrons. The zero-order chi connectivity index (χ0) is 30.2. The lowest BCUT2D eigenvalue weighted by Crippen LogP contribution is -2.29. The van der Waals surface area contributed by atoms with Gasteiger partial charge in [0.2, 0.25) is 0 Å². The summed E-state index contributed by atoms with van der Waals surface area (Å²) in [6.07, 6.45) is 0.907. The number of nitrogens with zero attached hydrogens (tertiary/aromatic N) is 2. The Bertz CT molecular complexity index is 1430. The Morgan fingerprint density at radius 2 is 1.66 bits per heavy atom. The lowest BCUT2D eigenvalue weighted by Gasteiger charge is -2.20. The molecule has 0 N–H and O–H groups in total. The fourth-order valence-electron chi connectivity index (χ4n) is 4.04. The number of hydrogen-bond acceptors (Lipinski definition) is 7. The van der Waals surface area contributed by atoms with Crippen LogP contribution in [-0.2, 0) is 21.8 Å². The lowest BCUT2D eigenvalue weighted by atomic mass is 10.0. The summed E-state index contributed by atoms with van der Waals surface area (Å²) in [5.41, 5.74) is -0.163. The molecule has 0 unspecified atom stereocenters. The van der Waals surface area contributed by atoms with E-state index in [1.807, 2.05) is 23.1 Å². The minimum absolute atomic E-state index is 0.0441. The standard InChI is InChI=1S/C15H12F3NO4S.C14H21NOS/c1-24(21,22)12-6-9(15(16,17)18)4-5-10(12)13(20)11-7-19-23-14(11)8-2-3-8;1-3-10-15(11-4-2)14(16)17-12-13-8-6-5-7-9-13/h4-8H,2-3H2,1H3;5-9H,3-4,10-12H2,1-2H3. The van der Waals surface area contributed by atoms with Crippen LogP contribution in [0.1, 0.15) is 78.3 Å². The summed E-state index contributed by atoms with van der Waals surface area (Å²) in [6, 6.07) is 12.2. The van der Waals surface area contributed by atoms with Crippen molar-refractivity contribution in [1.82, 2.24) is 10.1 Å². The fraction of sp³-hybridized carbons (Fsp3) is 0.414. The molecule has 1 aromatic heterocycles. The van der Waals surface area contributed by atoms with Gasteiger partial charge in [-0.05, 0) is 49.4 Å². The molecule has 1 aliphatic rings. The highest BCUT2D eigenvalue weighted by Gasteiger charge is 2.36. The van der Waals surface area contributed by atoms with Crippen molar-refractivity contribution in [2.24, 2.45) is 0 Å². The van der Waals surface area contributed by atoms with Gasteiger partial charge >= 0.3 is 6.18 Å². The molecule has 7 nitrogen and oxygen atoms in total. The number of aromatic nitrogens is 1. The van der Waals surface area contributed by atoms with Gasteiger partial charge in [0.1, 0.15) is 0 Å². The summed E-state index contributed by atoms with van der Waals surface area (Å²) in [4.78, 5) is 25.9. The van der Waals surface area contributed by atoms with Gasteiger partial charge in [0.25, 0.3) is 5.24 Å². The van der Waals surface area contributed by atoms with E-state index in [-0.39, 0.29) is 22.3 Å². The third kappa shape index (κ3) is 9.19. The van der Waals surface area contributed by atoms with E-state index in [0.29, 0.717) is 17.9 Å². The minimum atomic E-state index is -4.71. The molecule has 1 aliphatic carbocycles. The molecule has 3 aromatic rings. The van der Waals surface area contributed by atoms with Crippen molar-refractivity contribution in [3.63, 3.8) is 0 Å². The fourth-order valence-corrected chi connectivity index (χ4v) is 5.79. The second-order valence-corrected chi connectivity index (χ2v) is 12.6. The molecule has 1 saturated carbocycles. The summed E-state index contributed by atoms with van der Waals surface area (Å²) in [6.45, 7) is 5.96. The highest BCUT2D eigenvalue weighted by atomic mass is 32.2. The smallest absolute Gasteiger partial charge is 0.360 e. The van der Waals surface area contributed by atoms with Gasteiger partial charge in [0, 0.05) is 36.6 Å². The molecule has 0 atom stereocenters. The van der Waals surface area contributed by atoms with Crippen LogP contribution in [0.25, 0.3) is 0 Å². The van der Waals surface area contributed by atoms with E-state index >= 15 is 0 Å². The number of benzene rings is 2. The molecule has 1 amide bonds. The molecule has 0 aliphatic heterocycles. The Balaban J connectivity index is 0.000000241. The number of carbonyl (C=O) groups excluding carboxylic acids is 2. The number of rotatable bonds is 10. The van der Waals surface area contributed by atoms with Crippen LogP contribution in [0.4, 0.5) is 18.0 Å². The van der Waals surface area contributed by atoms with E-state index in [1.54, 1.807) is 0 Å². The maximum atomic E-state index is 12.8. The number of thioether (sulfide) groups is 1. The van der Waals surface area contributed by atoms with E-state index in [9.17, 15) is 31.2 Å². The normalized spacial score (nSPS) is 13.3. The van der Waals surface area contributed by atoms with Crippen molar-refractivity contribution in [3.8, 4) is 0 Å². The summed E-state index contributed by atoms with van der Waals surface area (Å²) >= 11 is 1.40. The molecule has 2 aromatic carbocycles. The van der Waals surface area contributed by atoms with E-state index in [4.69, 9.17) is 4.52 Å². The van der Waals surface area contributed by atoms with Gasteiger partial charge in [-0.2, -0.15) is 13.2 Å². The van der Waals surface area contributed by atoms with Crippen molar-refractivity contribution in [3.05, 3.63) is 82.7 Å². The summed E-state index contributed by atoms with van der Waals surface area (Å²) in [5.74, 6) is 0.443. The number of sulfone groups is 1.